The molecule has 0 unspecified atom stereocenters. The molecule has 0 aliphatic heterocycles. The van der Waals surface area contributed by atoms with Crippen LogP contribution in [-0.2, 0) is 0 Å². The first-order valence-electron chi connectivity index (χ1n) is 5.41. The van der Waals surface area contributed by atoms with Crippen molar-refractivity contribution in [2.75, 3.05) is 0 Å². The predicted molar refractivity (Wildman–Crippen MR) is 77.8 cm³/mol. The monoisotopic (exact) mass is 379 g/mol. The van der Waals surface area contributed by atoms with Gasteiger partial charge in [-0.2, -0.15) is 0 Å². The lowest BCUT2D eigenvalue weighted by atomic mass is 10.2. The smallest absolute Gasteiger partial charge is 0.205 e. The molecule has 94 valence electrons. The summed E-state index contributed by atoms with van der Waals surface area (Å²) >= 11 is 6.78. The second-order valence-electron chi connectivity index (χ2n) is 3.73. The number of hydrogen-bond acceptors (Lipinski definition) is 4. The molecular weight excluding hydrogens is 374 g/mol. The molecule has 0 amide bonds. The molecule has 0 aliphatic carbocycles. The highest BCUT2D eigenvalue weighted by atomic mass is 79.9. The van der Waals surface area contributed by atoms with E-state index in [0.29, 0.717) is 11.6 Å². The Morgan fingerprint density at radius 3 is 2.58 bits per heavy atom. The van der Waals surface area contributed by atoms with Crippen LogP contribution in [0.25, 0.3) is 17.2 Å². The molecular formula is C12H7Br2N5. The Bertz CT molecular complexity index is 711. The molecule has 0 fully saturated rings. The van der Waals surface area contributed by atoms with Gasteiger partial charge in [-0.15, -0.1) is 15.0 Å². The van der Waals surface area contributed by atoms with Crippen LogP contribution in [0.15, 0.2) is 51.5 Å². The van der Waals surface area contributed by atoms with Gasteiger partial charge in [0.2, 0.25) is 5.82 Å². The van der Waals surface area contributed by atoms with Crippen LogP contribution in [0.4, 0.5) is 0 Å². The summed E-state index contributed by atoms with van der Waals surface area (Å²) < 4.78 is 1.67. The van der Waals surface area contributed by atoms with Gasteiger partial charge in [-0.1, -0.05) is 30.3 Å². The van der Waals surface area contributed by atoms with Crippen molar-refractivity contribution in [3.05, 3.63) is 51.5 Å². The second-order valence-corrected chi connectivity index (χ2v) is 5.50. The van der Waals surface area contributed by atoms with Gasteiger partial charge in [-0.05, 0) is 43.1 Å². The van der Waals surface area contributed by atoms with Gasteiger partial charge in [0, 0.05) is 16.2 Å². The third kappa shape index (κ3) is 2.57. The van der Waals surface area contributed by atoms with Crippen molar-refractivity contribution in [3.63, 3.8) is 0 Å². The molecule has 0 N–H and O–H groups in total. The summed E-state index contributed by atoms with van der Waals surface area (Å²) in [5.74, 6) is 1.16. The fourth-order valence-electron chi connectivity index (χ4n) is 1.56. The topological polar surface area (TPSA) is 56.5 Å². The third-order valence-electron chi connectivity index (χ3n) is 2.42. The summed E-state index contributed by atoms with van der Waals surface area (Å²) in [6, 6.07) is 11.6. The molecule has 0 bridgehead atoms. The van der Waals surface area contributed by atoms with Crippen LogP contribution in [0.3, 0.4) is 0 Å². The quantitative estimate of drug-likeness (QED) is 0.684. The number of benzene rings is 1. The van der Waals surface area contributed by atoms with Gasteiger partial charge >= 0.3 is 0 Å². The molecule has 7 heteroatoms. The zero-order valence-electron chi connectivity index (χ0n) is 9.53. The van der Waals surface area contributed by atoms with Gasteiger partial charge in [0.05, 0.1) is 4.47 Å². The van der Waals surface area contributed by atoms with E-state index in [1.165, 1.54) is 4.80 Å². The van der Waals surface area contributed by atoms with Crippen LogP contribution in [-0.4, -0.2) is 25.2 Å². The summed E-state index contributed by atoms with van der Waals surface area (Å²) in [6.07, 6.45) is 1.69. The van der Waals surface area contributed by atoms with E-state index in [-0.39, 0.29) is 0 Å². The normalized spacial score (nSPS) is 10.6. The van der Waals surface area contributed by atoms with Crippen LogP contribution >= 0.6 is 31.9 Å². The molecule has 19 heavy (non-hydrogen) atoms. The average molecular weight is 381 g/mol. The first-order chi connectivity index (χ1) is 9.24. The Labute approximate surface area is 125 Å². The van der Waals surface area contributed by atoms with E-state index in [9.17, 15) is 0 Å². The van der Waals surface area contributed by atoms with Crippen molar-refractivity contribution in [1.29, 1.82) is 0 Å². The van der Waals surface area contributed by atoms with Crippen molar-refractivity contribution >= 4 is 31.9 Å². The Kier molecular flexibility index (Phi) is 3.39. The minimum atomic E-state index is 0.567. The molecule has 0 radical (unpaired) electrons. The molecule has 0 aliphatic rings. The lowest BCUT2D eigenvalue weighted by Crippen LogP contribution is -2.02. The Balaban J connectivity index is 2.02. The number of hydrogen-bond donors (Lipinski definition) is 0. The zero-order valence-corrected chi connectivity index (χ0v) is 12.7. The summed E-state index contributed by atoms with van der Waals surface area (Å²) in [6.45, 7) is 0. The van der Waals surface area contributed by atoms with Gasteiger partial charge in [0.25, 0.3) is 0 Å². The van der Waals surface area contributed by atoms with Crippen LogP contribution in [0.5, 0.6) is 0 Å². The number of tetrazole rings is 1. The van der Waals surface area contributed by atoms with Crippen molar-refractivity contribution < 1.29 is 0 Å². The number of halogens is 2. The van der Waals surface area contributed by atoms with Gasteiger partial charge < -0.3 is 0 Å². The molecule has 0 atom stereocenters. The van der Waals surface area contributed by atoms with E-state index in [2.05, 4.69) is 52.3 Å². The maximum absolute atomic E-state index is 4.33. The average Bonchev–Trinajstić information content (AvgIpc) is 2.89. The molecule has 2 heterocycles. The molecule has 0 saturated heterocycles. The lowest BCUT2D eigenvalue weighted by Gasteiger charge is -2.00. The second kappa shape index (κ2) is 5.18. The highest BCUT2D eigenvalue weighted by Gasteiger charge is 2.10. The third-order valence-corrected chi connectivity index (χ3v) is 3.44. The SMILES string of the molecule is Brc1cnc(-n2nnc(-c3ccccc3)n2)c(Br)c1. The van der Waals surface area contributed by atoms with E-state index in [4.69, 9.17) is 0 Å². The Morgan fingerprint density at radius 2 is 1.84 bits per heavy atom. The van der Waals surface area contributed by atoms with Gasteiger partial charge in [0.1, 0.15) is 0 Å². The molecule has 0 saturated carbocycles. The van der Waals surface area contributed by atoms with Gasteiger partial charge in [0.15, 0.2) is 5.82 Å². The largest absolute Gasteiger partial charge is 0.233 e. The summed E-state index contributed by atoms with van der Waals surface area (Å²) in [4.78, 5) is 5.66. The zero-order chi connectivity index (χ0) is 13.2. The van der Waals surface area contributed by atoms with E-state index in [1.54, 1.807) is 6.20 Å². The number of nitrogens with zero attached hydrogens (tertiary/aromatic N) is 5. The summed E-state index contributed by atoms with van der Waals surface area (Å²) in [7, 11) is 0. The maximum atomic E-state index is 4.33. The van der Waals surface area contributed by atoms with Crippen LogP contribution in [0.2, 0.25) is 0 Å². The summed E-state index contributed by atoms with van der Waals surface area (Å²) in [5, 5.41) is 12.4. The van der Waals surface area contributed by atoms with Crippen LogP contribution in [0.1, 0.15) is 0 Å². The number of aromatic nitrogens is 5. The van der Waals surface area contributed by atoms with Crippen molar-refractivity contribution in [2.24, 2.45) is 0 Å². The lowest BCUT2D eigenvalue weighted by molar-refractivity contribution is 0.697. The standard InChI is InChI=1S/C12H7Br2N5/c13-9-6-10(14)12(15-7-9)19-17-11(16-18-19)8-4-2-1-3-5-8/h1-7H. The fraction of sp³-hybridized carbons (Fsp3) is 0. The first kappa shape index (κ1) is 12.4. The summed E-state index contributed by atoms with van der Waals surface area (Å²) in [5.41, 5.74) is 0.919. The van der Waals surface area contributed by atoms with Crippen molar-refractivity contribution in [1.82, 2.24) is 25.2 Å². The molecule has 5 nitrogen and oxygen atoms in total. The highest BCUT2D eigenvalue weighted by Crippen LogP contribution is 2.22. The predicted octanol–water partition coefficient (Wildman–Crippen LogP) is 3.25. The highest BCUT2D eigenvalue weighted by molar-refractivity contribution is 9.11. The molecule has 2 aromatic heterocycles. The van der Waals surface area contributed by atoms with E-state index in [0.717, 1.165) is 14.5 Å². The number of rotatable bonds is 2. The molecule has 3 rings (SSSR count). The van der Waals surface area contributed by atoms with Crippen LogP contribution in [0, 0.1) is 0 Å². The number of pyridine rings is 1. The van der Waals surface area contributed by atoms with Crippen molar-refractivity contribution in [3.8, 4) is 17.2 Å². The maximum Gasteiger partial charge on any atom is 0.205 e. The molecule has 1 aromatic carbocycles. The van der Waals surface area contributed by atoms with Crippen LogP contribution < -0.4 is 0 Å². The minimum absolute atomic E-state index is 0.567. The van der Waals surface area contributed by atoms with Gasteiger partial charge in [-0.3, -0.25) is 0 Å². The Morgan fingerprint density at radius 1 is 1.05 bits per heavy atom. The van der Waals surface area contributed by atoms with Crippen molar-refractivity contribution in [2.45, 2.75) is 0 Å². The fourth-order valence-corrected chi connectivity index (χ4v) is 2.71. The molecule has 3 aromatic rings. The van der Waals surface area contributed by atoms with E-state index in [1.807, 2.05) is 36.4 Å². The van der Waals surface area contributed by atoms with E-state index < -0.39 is 0 Å². The molecule has 0 spiro atoms. The minimum Gasteiger partial charge on any atom is -0.233 e. The van der Waals surface area contributed by atoms with E-state index >= 15 is 0 Å². The van der Waals surface area contributed by atoms with Gasteiger partial charge in [-0.25, -0.2) is 4.98 Å². The first-order valence-corrected chi connectivity index (χ1v) is 6.99. The Hall–Kier alpha value is -1.60.